The van der Waals surface area contributed by atoms with Crippen LogP contribution in [0, 0.1) is 23.7 Å². The largest absolute Gasteiger partial charge is 0.479 e. The molecular formula is C19H17BrN2O5. The topological polar surface area (TPSA) is 96.3 Å². The van der Waals surface area contributed by atoms with Crippen LogP contribution in [0.5, 0.6) is 5.75 Å². The standard InChI is InChI=1S/C19H17BrN2O5/c1-9(19(25)26)27-14-5-4-13(20)7-12(14)8-21-22-17(23)15-10-2-3-11(6-10)16(15)18(22)24/h2-5,7-11,15-16H,6H2,1H3,(H,25,26)/t9-,10-,11-,15-,16+/m0/s1. The predicted molar refractivity (Wildman–Crippen MR) is 99.0 cm³/mol. The van der Waals surface area contributed by atoms with E-state index in [1.165, 1.54) is 13.1 Å². The van der Waals surface area contributed by atoms with Gasteiger partial charge in [-0.2, -0.15) is 10.1 Å². The number of carboxylic acid groups (broad SMARTS) is 1. The molecule has 2 bridgehead atoms. The number of hydrogen-bond donors (Lipinski definition) is 1. The highest BCUT2D eigenvalue weighted by Crippen LogP contribution is 2.52. The van der Waals surface area contributed by atoms with E-state index >= 15 is 0 Å². The van der Waals surface area contributed by atoms with Crippen LogP contribution in [0.3, 0.4) is 0 Å². The van der Waals surface area contributed by atoms with E-state index in [2.05, 4.69) is 21.0 Å². The number of hydrazone groups is 1. The predicted octanol–water partition coefficient (Wildman–Crippen LogP) is 2.44. The van der Waals surface area contributed by atoms with Crippen LogP contribution in [0.15, 0.2) is 39.9 Å². The lowest BCUT2D eigenvalue weighted by molar-refractivity contribution is -0.144. The molecule has 3 aliphatic rings. The number of halogens is 1. The molecular weight excluding hydrogens is 416 g/mol. The summed E-state index contributed by atoms with van der Waals surface area (Å²) in [6.45, 7) is 1.42. The minimum atomic E-state index is -1.10. The minimum absolute atomic E-state index is 0.123. The van der Waals surface area contributed by atoms with Crippen molar-refractivity contribution in [2.24, 2.45) is 28.8 Å². The SMILES string of the molecule is C[C@H](Oc1ccc(Br)cc1C=NN1C(=O)[C@@H]2[C@H](C1=O)[C@H]1C=C[C@H]2C1)C(=O)O. The van der Waals surface area contributed by atoms with E-state index in [4.69, 9.17) is 9.84 Å². The number of fused-ring (bicyclic) bond motifs is 5. The van der Waals surface area contributed by atoms with E-state index in [1.807, 2.05) is 12.2 Å². The Labute approximate surface area is 163 Å². The molecule has 1 N–H and O–H groups in total. The summed E-state index contributed by atoms with van der Waals surface area (Å²) in [6, 6.07) is 5.00. The molecule has 1 saturated carbocycles. The van der Waals surface area contributed by atoms with Gasteiger partial charge in [-0.25, -0.2) is 4.79 Å². The average molecular weight is 433 g/mol. The Morgan fingerprint density at radius 3 is 2.52 bits per heavy atom. The van der Waals surface area contributed by atoms with Crippen molar-refractivity contribution in [2.45, 2.75) is 19.4 Å². The first kappa shape index (κ1) is 17.9. The van der Waals surface area contributed by atoms with Crippen molar-refractivity contribution < 1.29 is 24.2 Å². The maximum absolute atomic E-state index is 12.7. The zero-order valence-electron chi connectivity index (χ0n) is 14.4. The highest BCUT2D eigenvalue weighted by atomic mass is 79.9. The Morgan fingerprint density at radius 1 is 1.30 bits per heavy atom. The number of amides is 2. The quantitative estimate of drug-likeness (QED) is 0.437. The number of carbonyl (C=O) groups is 3. The molecule has 27 heavy (non-hydrogen) atoms. The molecule has 0 spiro atoms. The number of rotatable bonds is 5. The van der Waals surface area contributed by atoms with Gasteiger partial charge in [0.2, 0.25) is 0 Å². The Balaban J connectivity index is 1.58. The van der Waals surface area contributed by atoms with Crippen molar-refractivity contribution in [2.75, 3.05) is 0 Å². The Morgan fingerprint density at radius 2 is 1.93 bits per heavy atom. The van der Waals surface area contributed by atoms with Gasteiger partial charge in [0, 0.05) is 10.0 Å². The van der Waals surface area contributed by atoms with Gasteiger partial charge in [0.15, 0.2) is 6.10 Å². The minimum Gasteiger partial charge on any atom is -0.479 e. The number of allylic oxidation sites excluding steroid dienone is 2. The molecule has 2 fully saturated rings. The van der Waals surface area contributed by atoms with Gasteiger partial charge in [-0.15, -0.1) is 0 Å². The molecule has 5 atom stereocenters. The molecule has 1 heterocycles. The third-order valence-electron chi connectivity index (χ3n) is 5.38. The van der Waals surface area contributed by atoms with Crippen molar-refractivity contribution in [3.63, 3.8) is 0 Å². The van der Waals surface area contributed by atoms with E-state index in [0.29, 0.717) is 11.3 Å². The van der Waals surface area contributed by atoms with E-state index in [9.17, 15) is 14.4 Å². The maximum Gasteiger partial charge on any atom is 0.344 e. The first-order valence-electron chi connectivity index (χ1n) is 8.66. The molecule has 0 aromatic heterocycles. The lowest BCUT2D eigenvalue weighted by Crippen LogP contribution is -2.28. The number of carbonyl (C=O) groups excluding carboxylic acids is 2. The monoisotopic (exact) mass is 432 g/mol. The summed E-state index contributed by atoms with van der Waals surface area (Å²) in [5, 5.41) is 14.1. The van der Waals surface area contributed by atoms with Crippen molar-refractivity contribution in [3.8, 4) is 5.75 Å². The molecule has 1 aromatic carbocycles. The fourth-order valence-electron chi connectivity index (χ4n) is 4.09. The number of nitrogens with zero attached hydrogens (tertiary/aromatic N) is 2. The zero-order chi connectivity index (χ0) is 19.3. The first-order chi connectivity index (χ1) is 12.9. The van der Waals surface area contributed by atoms with Crippen LogP contribution in [-0.4, -0.2) is 40.2 Å². The molecule has 2 aliphatic carbocycles. The van der Waals surface area contributed by atoms with Crippen LogP contribution in [0.1, 0.15) is 18.9 Å². The molecule has 4 rings (SSSR count). The van der Waals surface area contributed by atoms with Gasteiger partial charge in [-0.1, -0.05) is 28.1 Å². The maximum atomic E-state index is 12.7. The number of imide groups is 1. The molecule has 140 valence electrons. The van der Waals surface area contributed by atoms with Gasteiger partial charge in [0.1, 0.15) is 5.75 Å². The van der Waals surface area contributed by atoms with E-state index in [-0.39, 0.29) is 35.5 Å². The summed E-state index contributed by atoms with van der Waals surface area (Å²) in [6.07, 6.45) is 5.23. The summed E-state index contributed by atoms with van der Waals surface area (Å²) in [7, 11) is 0. The normalized spacial score (nSPS) is 29.6. The summed E-state index contributed by atoms with van der Waals surface area (Å²) in [4.78, 5) is 36.4. The average Bonchev–Trinajstić information content (AvgIpc) is 3.30. The lowest BCUT2D eigenvalue weighted by Gasteiger charge is -2.14. The number of benzene rings is 1. The summed E-state index contributed by atoms with van der Waals surface area (Å²) >= 11 is 3.34. The van der Waals surface area contributed by atoms with Crippen LogP contribution in [0.2, 0.25) is 0 Å². The van der Waals surface area contributed by atoms with Gasteiger partial charge in [-0.05, 0) is 43.4 Å². The number of ether oxygens (including phenoxy) is 1. The molecule has 7 nitrogen and oxygen atoms in total. The van der Waals surface area contributed by atoms with Crippen molar-refractivity contribution in [3.05, 3.63) is 40.4 Å². The van der Waals surface area contributed by atoms with Crippen LogP contribution in [-0.2, 0) is 14.4 Å². The van der Waals surface area contributed by atoms with Crippen LogP contribution >= 0.6 is 15.9 Å². The number of aliphatic carboxylic acids is 1. The van der Waals surface area contributed by atoms with E-state index < -0.39 is 12.1 Å². The van der Waals surface area contributed by atoms with Gasteiger partial charge >= 0.3 is 5.97 Å². The summed E-state index contributed by atoms with van der Waals surface area (Å²) in [5.41, 5.74) is 0.469. The molecule has 8 heteroatoms. The lowest BCUT2D eigenvalue weighted by atomic mass is 9.85. The smallest absolute Gasteiger partial charge is 0.344 e. The van der Waals surface area contributed by atoms with Gasteiger partial charge in [-0.3, -0.25) is 9.59 Å². The zero-order valence-corrected chi connectivity index (χ0v) is 16.0. The highest BCUT2D eigenvalue weighted by molar-refractivity contribution is 9.10. The van der Waals surface area contributed by atoms with E-state index in [0.717, 1.165) is 15.9 Å². The van der Waals surface area contributed by atoms with E-state index in [1.54, 1.807) is 18.2 Å². The molecule has 0 unspecified atom stereocenters. The van der Waals surface area contributed by atoms with Crippen molar-refractivity contribution in [1.29, 1.82) is 0 Å². The van der Waals surface area contributed by atoms with Crippen LogP contribution in [0.4, 0.5) is 0 Å². The molecule has 0 radical (unpaired) electrons. The fraction of sp³-hybridized carbons (Fsp3) is 0.368. The summed E-state index contributed by atoms with van der Waals surface area (Å²) in [5.74, 6) is -1.70. The molecule has 1 aromatic rings. The Hall–Kier alpha value is -2.48. The fourth-order valence-corrected chi connectivity index (χ4v) is 4.47. The second-order valence-electron chi connectivity index (χ2n) is 7.01. The molecule has 1 saturated heterocycles. The molecule has 2 amide bonds. The highest BCUT2D eigenvalue weighted by Gasteiger charge is 2.59. The van der Waals surface area contributed by atoms with Crippen molar-refractivity contribution >= 4 is 39.9 Å². The van der Waals surface area contributed by atoms with Gasteiger partial charge < -0.3 is 9.84 Å². The second-order valence-corrected chi connectivity index (χ2v) is 7.93. The number of hydrogen-bond acceptors (Lipinski definition) is 5. The second kappa shape index (κ2) is 6.60. The number of carboxylic acids is 1. The van der Waals surface area contributed by atoms with Crippen LogP contribution in [0.25, 0.3) is 0 Å². The third-order valence-corrected chi connectivity index (χ3v) is 5.88. The van der Waals surface area contributed by atoms with Gasteiger partial charge in [0.05, 0.1) is 18.1 Å². The third kappa shape index (κ3) is 2.97. The van der Waals surface area contributed by atoms with Gasteiger partial charge in [0.25, 0.3) is 11.8 Å². The first-order valence-corrected chi connectivity index (χ1v) is 9.45. The van der Waals surface area contributed by atoms with Crippen molar-refractivity contribution in [1.82, 2.24) is 5.01 Å². The molecule has 1 aliphatic heterocycles. The Bertz CT molecular complexity index is 866. The van der Waals surface area contributed by atoms with Crippen LogP contribution < -0.4 is 4.74 Å². The summed E-state index contributed by atoms with van der Waals surface area (Å²) < 4.78 is 6.17. The Kier molecular flexibility index (Phi) is 4.38.